The highest BCUT2D eigenvalue weighted by atomic mass is 16.6. The number of pyridine rings is 1. The van der Waals surface area contributed by atoms with E-state index >= 15 is 0 Å². The van der Waals surface area contributed by atoms with Crippen LogP contribution < -0.4 is 5.32 Å². The van der Waals surface area contributed by atoms with E-state index in [4.69, 9.17) is 9.84 Å². The number of amides is 2. The van der Waals surface area contributed by atoms with Gasteiger partial charge in [0.15, 0.2) is 5.69 Å². The molecule has 3 N–H and O–H groups in total. The van der Waals surface area contributed by atoms with Crippen molar-refractivity contribution in [1.29, 1.82) is 0 Å². The Bertz CT molecular complexity index is 1050. The molecule has 0 bridgehead atoms. The maximum Gasteiger partial charge on any atom is 0.410 e. The number of nitrogens with zero attached hydrogens (tertiary/aromatic N) is 4. The van der Waals surface area contributed by atoms with Gasteiger partial charge in [-0.2, -0.15) is 5.10 Å². The molecule has 33 heavy (non-hydrogen) atoms. The zero-order valence-electron chi connectivity index (χ0n) is 19.2. The Morgan fingerprint density at radius 3 is 2.48 bits per heavy atom. The largest absolute Gasteiger partial charge is 0.505 e. The molecule has 1 aliphatic heterocycles. The molecule has 11 heteroatoms. The Kier molecular flexibility index (Phi) is 6.89. The number of aromatic nitrogens is 3. The summed E-state index contributed by atoms with van der Waals surface area (Å²) in [5.74, 6) is -2.27. The standard InChI is InChI=1S/C22H29N5O6/c1-13-16(10-23-18(19(13)30)20(31)24-11-17(28)29)14-9-25-27(12-14)15-5-7-26(8-6-15)21(32)33-22(2,3)4/h9-10,12,15,30H,5-8,11H2,1-4H3,(H,24,31)(H,28,29). The number of carbonyl (C=O) groups is 3. The third kappa shape index (κ3) is 5.79. The minimum atomic E-state index is -1.19. The van der Waals surface area contributed by atoms with E-state index < -0.39 is 24.0 Å². The first-order valence-electron chi connectivity index (χ1n) is 10.7. The van der Waals surface area contributed by atoms with Gasteiger partial charge in [-0.05, 0) is 40.5 Å². The van der Waals surface area contributed by atoms with Crippen LogP contribution in [-0.2, 0) is 9.53 Å². The molecule has 3 rings (SSSR count). The van der Waals surface area contributed by atoms with Crippen LogP contribution >= 0.6 is 0 Å². The highest BCUT2D eigenvalue weighted by Gasteiger charge is 2.28. The van der Waals surface area contributed by atoms with Crippen LogP contribution in [0.4, 0.5) is 4.79 Å². The number of piperidine rings is 1. The van der Waals surface area contributed by atoms with Crippen molar-refractivity contribution in [3.05, 3.63) is 29.8 Å². The lowest BCUT2D eigenvalue weighted by molar-refractivity contribution is -0.135. The van der Waals surface area contributed by atoms with E-state index in [1.807, 2.05) is 31.6 Å². The second-order valence-corrected chi connectivity index (χ2v) is 8.98. The molecular weight excluding hydrogens is 430 g/mol. The number of rotatable bonds is 5. The van der Waals surface area contributed by atoms with E-state index in [-0.39, 0.29) is 23.6 Å². The van der Waals surface area contributed by atoms with Crippen molar-refractivity contribution >= 4 is 18.0 Å². The molecule has 0 unspecified atom stereocenters. The van der Waals surface area contributed by atoms with Crippen LogP contribution in [0.1, 0.15) is 55.7 Å². The van der Waals surface area contributed by atoms with Gasteiger partial charge in [0.25, 0.3) is 5.91 Å². The minimum Gasteiger partial charge on any atom is -0.505 e. The lowest BCUT2D eigenvalue weighted by Crippen LogP contribution is -2.42. The lowest BCUT2D eigenvalue weighted by Gasteiger charge is -2.33. The SMILES string of the molecule is Cc1c(-c2cnn(C3CCN(C(=O)OC(C)(C)C)CC3)c2)cnc(C(=O)NCC(=O)O)c1O. The van der Waals surface area contributed by atoms with Gasteiger partial charge in [-0.3, -0.25) is 14.3 Å². The first-order valence-corrected chi connectivity index (χ1v) is 10.7. The second-order valence-electron chi connectivity index (χ2n) is 8.98. The molecule has 1 aliphatic rings. The highest BCUT2D eigenvalue weighted by molar-refractivity contribution is 5.97. The van der Waals surface area contributed by atoms with Gasteiger partial charge in [0.2, 0.25) is 0 Å². The molecule has 0 radical (unpaired) electrons. The summed E-state index contributed by atoms with van der Waals surface area (Å²) >= 11 is 0. The molecule has 178 valence electrons. The normalized spacial score (nSPS) is 14.7. The van der Waals surface area contributed by atoms with Crippen molar-refractivity contribution in [2.75, 3.05) is 19.6 Å². The van der Waals surface area contributed by atoms with Crippen molar-refractivity contribution in [2.45, 2.75) is 52.2 Å². The summed E-state index contributed by atoms with van der Waals surface area (Å²) in [6, 6.07) is 0.111. The number of nitrogens with one attached hydrogen (secondary N) is 1. The molecule has 2 aromatic heterocycles. The number of hydrogen-bond acceptors (Lipinski definition) is 7. The van der Waals surface area contributed by atoms with Crippen LogP contribution in [0.2, 0.25) is 0 Å². The number of aliphatic carboxylic acids is 1. The molecule has 0 spiro atoms. The molecule has 0 aliphatic carbocycles. The Morgan fingerprint density at radius 2 is 1.88 bits per heavy atom. The number of carboxylic acids is 1. The van der Waals surface area contributed by atoms with E-state index in [2.05, 4.69) is 15.4 Å². The third-order valence-electron chi connectivity index (χ3n) is 5.32. The number of aromatic hydroxyl groups is 1. The summed E-state index contributed by atoms with van der Waals surface area (Å²) in [5.41, 5.74) is 1.00. The summed E-state index contributed by atoms with van der Waals surface area (Å²) < 4.78 is 7.27. The van der Waals surface area contributed by atoms with E-state index in [1.165, 1.54) is 6.20 Å². The summed E-state index contributed by atoms with van der Waals surface area (Å²) in [6.45, 7) is 7.73. The van der Waals surface area contributed by atoms with Crippen molar-refractivity contribution in [3.8, 4) is 16.9 Å². The number of carboxylic acid groups (broad SMARTS) is 1. The van der Waals surface area contributed by atoms with Gasteiger partial charge in [0, 0.05) is 42.2 Å². The van der Waals surface area contributed by atoms with Gasteiger partial charge in [0.1, 0.15) is 17.9 Å². The van der Waals surface area contributed by atoms with Gasteiger partial charge in [-0.1, -0.05) is 0 Å². The van der Waals surface area contributed by atoms with E-state index in [9.17, 15) is 19.5 Å². The summed E-state index contributed by atoms with van der Waals surface area (Å²) in [4.78, 5) is 40.7. The van der Waals surface area contributed by atoms with Crippen molar-refractivity contribution in [2.24, 2.45) is 0 Å². The van der Waals surface area contributed by atoms with E-state index in [1.54, 1.807) is 18.0 Å². The molecule has 1 saturated heterocycles. The number of hydrogen-bond donors (Lipinski definition) is 3. The van der Waals surface area contributed by atoms with Gasteiger partial charge in [-0.15, -0.1) is 0 Å². The zero-order valence-corrected chi connectivity index (χ0v) is 19.2. The highest BCUT2D eigenvalue weighted by Crippen LogP contribution is 2.32. The van der Waals surface area contributed by atoms with Gasteiger partial charge >= 0.3 is 12.1 Å². The maximum atomic E-state index is 12.3. The van der Waals surface area contributed by atoms with Crippen molar-refractivity contribution < 1.29 is 29.3 Å². The molecule has 11 nitrogen and oxygen atoms in total. The molecule has 2 aromatic rings. The fourth-order valence-corrected chi connectivity index (χ4v) is 3.61. The molecule has 2 amide bonds. The Hall–Kier alpha value is -3.63. The molecule has 0 saturated carbocycles. The molecule has 0 atom stereocenters. The average molecular weight is 460 g/mol. The fourth-order valence-electron chi connectivity index (χ4n) is 3.61. The van der Waals surface area contributed by atoms with Gasteiger partial charge in [0.05, 0.1) is 12.2 Å². The van der Waals surface area contributed by atoms with Crippen molar-refractivity contribution in [3.63, 3.8) is 0 Å². The number of ether oxygens (including phenoxy) is 1. The van der Waals surface area contributed by atoms with Crippen LogP contribution in [0.5, 0.6) is 5.75 Å². The van der Waals surface area contributed by atoms with E-state index in [0.29, 0.717) is 24.2 Å². The third-order valence-corrected chi connectivity index (χ3v) is 5.32. The van der Waals surface area contributed by atoms with Gasteiger partial charge < -0.3 is 25.2 Å². The lowest BCUT2D eigenvalue weighted by atomic mass is 10.0. The average Bonchev–Trinajstić information content (AvgIpc) is 3.22. The molecule has 3 heterocycles. The van der Waals surface area contributed by atoms with E-state index in [0.717, 1.165) is 18.4 Å². The first-order chi connectivity index (χ1) is 15.5. The zero-order chi connectivity index (χ0) is 24.3. The molecular formula is C22H29N5O6. The summed E-state index contributed by atoms with van der Waals surface area (Å²) in [7, 11) is 0. The quantitative estimate of drug-likeness (QED) is 0.617. The second kappa shape index (κ2) is 9.47. The Labute approximate surface area is 191 Å². The van der Waals surface area contributed by atoms with Gasteiger partial charge in [-0.25, -0.2) is 9.78 Å². The summed E-state index contributed by atoms with van der Waals surface area (Å²) in [5, 5.41) is 25.8. The maximum absolute atomic E-state index is 12.3. The van der Waals surface area contributed by atoms with Crippen LogP contribution in [0, 0.1) is 6.92 Å². The molecule has 1 fully saturated rings. The number of carbonyl (C=O) groups excluding carboxylic acids is 2. The van der Waals surface area contributed by atoms with Crippen LogP contribution in [0.3, 0.4) is 0 Å². The minimum absolute atomic E-state index is 0.111. The van der Waals surface area contributed by atoms with Crippen molar-refractivity contribution in [1.82, 2.24) is 25.0 Å². The topological polar surface area (TPSA) is 147 Å². The molecule has 0 aromatic carbocycles. The summed E-state index contributed by atoms with van der Waals surface area (Å²) in [6.07, 6.45) is 6.11. The fraction of sp³-hybridized carbons (Fsp3) is 0.500. The monoisotopic (exact) mass is 459 g/mol. The number of likely N-dealkylation sites (tertiary alicyclic amines) is 1. The predicted molar refractivity (Wildman–Crippen MR) is 118 cm³/mol. The predicted octanol–water partition coefficient (Wildman–Crippen LogP) is 2.35. The smallest absolute Gasteiger partial charge is 0.410 e. The van der Waals surface area contributed by atoms with Crippen LogP contribution in [0.15, 0.2) is 18.6 Å². The Morgan fingerprint density at radius 1 is 1.21 bits per heavy atom. The Balaban J connectivity index is 1.68. The van der Waals surface area contributed by atoms with Crippen LogP contribution in [-0.4, -0.2) is 73.1 Å². The first kappa shape index (κ1) is 24.0. The van der Waals surface area contributed by atoms with Crippen LogP contribution in [0.25, 0.3) is 11.1 Å².